The van der Waals surface area contributed by atoms with E-state index in [0.717, 1.165) is 12.8 Å². The molecule has 1 aliphatic rings. The molecule has 1 heterocycles. The average molecular weight is 141 g/mol. The minimum Gasteiger partial charge on any atom is -0.351 e. The lowest BCUT2D eigenvalue weighted by molar-refractivity contribution is -0.122. The molecule has 1 atom stereocenters. The molecule has 1 aliphatic heterocycles. The molecule has 1 amide bonds. The normalized spacial score (nSPS) is 30.3. The van der Waals surface area contributed by atoms with Gasteiger partial charge in [0.15, 0.2) is 0 Å². The number of hydrogen-bond acceptors (Lipinski definition) is 1. The van der Waals surface area contributed by atoms with Crippen molar-refractivity contribution < 1.29 is 4.79 Å². The van der Waals surface area contributed by atoms with Gasteiger partial charge in [-0.05, 0) is 26.7 Å². The molecule has 0 spiro atoms. The fourth-order valence-electron chi connectivity index (χ4n) is 1.53. The molecular weight excluding hydrogens is 126 g/mol. The van der Waals surface area contributed by atoms with Crippen molar-refractivity contribution >= 4 is 5.91 Å². The Labute approximate surface area is 62.0 Å². The maximum atomic E-state index is 11.1. The number of amides is 1. The van der Waals surface area contributed by atoms with Crippen LogP contribution >= 0.6 is 0 Å². The topological polar surface area (TPSA) is 29.1 Å². The number of carbonyl (C=O) groups excluding carboxylic acids is 1. The van der Waals surface area contributed by atoms with Crippen LogP contribution in [0.3, 0.4) is 0 Å². The molecule has 0 aromatic heterocycles. The lowest BCUT2D eigenvalue weighted by Crippen LogP contribution is -2.34. The first-order valence-electron chi connectivity index (χ1n) is 3.87. The summed E-state index contributed by atoms with van der Waals surface area (Å²) in [5, 5.41) is 2.96. The van der Waals surface area contributed by atoms with Crippen molar-refractivity contribution in [3.05, 3.63) is 0 Å². The number of hydrogen-bond donors (Lipinski definition) is 1. The highest BCUT2D eigenvalue weighted by atomic mass is 16.2. The van der Waals surface area contributed by atoms with Crippen molar-refractivity contribution in [3.8, 4) is 0 Å². The first kappa shape index (κ1) is 7.58. The van der Waals surface area contributed by atoms with Crippen molar-refractivity contribution in [2.45, 2.75) is 39.2 Å². The Hall–Kier alpha value is -0.530. The molecule has 0 unspecified atom stereocenters. The molecular formula is C8H15NO. The van der Waals surface area contributed by atoms with E-state index in [0.29, 0.717) is 0 Å². The molecule has 58 valence electrons. The smallest absolute Gasteiger partial charge is 0.223 e. The van der Waals surface area contributed by atoms with Gasteiger partial charge in [-0.3, -0.25) is 4.79 Å². The van der Waals surface area contributed by atoms with E-state index in [1.807, 2.05) is 0 Å². The summed E-state index contributed by atoms with van der Waals surface area (Å²) in [6, 6.07) is 0. The third kappa shape index (κ3) is 1.31. The summed E-state index contributed by atoms with van der Waals surface area (Å²) in [5.74, 6) is 0.488. The van der Waals surface area contributed by atoms with Gasteiger partial charge in [-0.15, -0.1) is 0 Å². The number of nitrogens with one attached hydrogen (secondary N) is 1. The van der Waals surface area contributed by atoms with Crippen LogP contribution in [-0.4, -0.2) is 11.4 Å². The predicted octanol–water partition coefficient (Wildman–Crippen LogP) is 1.31. The molecule has 2 heteroatoms. The summed E-state index contributed by atoms with van der Waals surface area (Å²) in [5.41, 5.74) is 0.0394. The lowest BCUT2D eigenvalue weighted by Gasteiger charge is -2.15. The van der Waals surface area contributed by atoms with Gasteiger partial charge in [-0.2, -0.15) is 0 Å². The summed E-state index contributed by atoms with van der Waals surface area (Å²) >= 11 is 0. The standard InChI is InChI=1S/C8H15NO/c1-4-6-5-8(2,3)9-7(6)10/h6H,4-5H2,1-3H3,(H,9,10)/t6-/m0/s1. The van der Waals surface area contributed by atoms with Crippen molar-refractivity contribution in [2.75, 3.05) is 0 Å². The highest BCUT2D eigenvalue weighted by Gasteiger charge is 2.35. The van der Waals surface area contributed by atoms with Crippen molar-refractivity contribution in [1.29, 1.82) is 0 Å². The monoisotopic (exact) mass is 141 g/mol. The van der Waals surface area contributed by atoms with E-state index < -0.39 is 0 Å². The van der Waals surface area contributed by atoms with Gasteiger partial charge in [0.25, 0.3) is 0 Å². The van der Waals surface area contributed by atoms with Gasteiger partial charge in [0, 0.05) is 11.5 Å². The number of carbonyl (C=O) groups is 1. The molecule has 0 aromatic carbocycles. The lowest BCUT2D eigenvalue weighted by atomic mass is 9.95. The van der Waals surface area contributed by atoms with Gasteiger partial charge in [-0.1, -0.05) is 6.92 Å². The molecule has 1 fully saturated rings. The quantitative estimate of drug-likeness (QED) is 0.586. The van der Waals surface area contributed by atoms with Gasteiger partial charge in [-0.25, -0.2) is 0 Å². The predicted molar refractivity (Wildman–Crippen MR) is 40.6 cm³/mol. The van der Waals surface area contributed by atoms with Crippen LogP contribution in [0.4, 0.5) is 0 Å². The average Bonchev–Trinajstić information content (AvgIpc) is 2.05. The van der Waals surface area contributed by atoms with Crippen LogP contribution in [0, 0.1) is 5.92 Å². The minimum atomic E-state index is 0.0394. The van der Waals surface area contributed by atoms with Crippen LogP contribution in [0.2, 0.25) is 0 Å². The highest BCUT2D eigenvalue weighted by molar-refractivity contribution is 5.81. The minimum absolute atomic E-state index is 0.0394. The fourth-order valence-corrected chi connectivity index (χ4v) is 1.53. The van der Waals surface area contributed by atoms with Crippen molar-refractivity contribution in [3.63, 3.8) is 0 Å². The van der Waals surface area contributed by atoms with Crippen LogP contribution in [0.1, 0.15) is 33.6 Å². The SMILES string of the molecule is CC[C@H]1CC(C)(C)NC1=O. The third-order valence-corrected chi connectivity index (χ3v) is 2.08. The van der Waals surface area contributed by atoms with Crippen LogP contribution in [-0.2, 0) is 4.79 Å². The Bertz CT molecular complexity index is 151. The largest absolute Gasteiger partial charge is 0.351 e. The van der Waals surface area contributed by atoms with E-state index in [-0.39, 0.29) is 17.4 Å². The molecule has 0 aromatic rings. The molecule has 1 N–H and O–H groups in total. The van der Waals surface area contributed by atoms with Crippen molar-refractivity contribution in [2.24, 2.45) is 5.92 Å². The summed E-state index contributed by atoms with van der Waals surface area (Å²) in [7, 11) is 0. The summed E-state index contributed by atoms with van der Waals surface area (Å²) in [4.78, 5) is 11.1. The molecule has 1 rings (SSSR count). The van der Waals surface area contributed by atoms with Crippen LogP contribution in [0.25, 0.3) is 0 Å². The zero-order valence-corrected chi connectivity index (χ0v) is 6.90. The maximum absolute atomic E-state index is 11.1. The zero-order chi connectivity index (χ0) is 7.78. The highest BCUT2D eigenvalue weighted by Crippen LogP contribution is 2.25. The first-order chi connectivity index (χ1) is 4.55. The second-order valence-electron chi connectivity index (χ2n) is 3.68. The molecule has 0 saturated carbocycles. The Balaban J connectivity index is 2.61. The zero-order valence-electron chi connectivity index (χ0n) is 6.90. The molecule has 0 aliphatic carbocycles. The van der Waals surface area contributed by atoms with E-state index in [2.05, 4.69) is 26.1 Å². The molecule has 1 saturated heterocycles. The van der Waals surface area contributed by atoms with E-state index in [1.165, 1.54) is 0 Å². The Morgan fingerprint density at radius 3 is 2.50 bits per heavy atom. The van der Waals surface area contributed by atoms with E-state index in [1.54, 1.807) is 0 Å². The van der Waals surface area contributed by atoms with Crippen LogP contribution in [0.5, 0.6) is 0 Å². The Kier molecular flexibility index (Phi) is 1.71. The van der Waals surface area contributed by atoms with E-state index >= 15 is 0 Å². The van der Waals surface area contributed by atoms with Crippen LogP contribution in [0.15, 0.2) is 0 Å². The molecule has 2 nitrogen and oxygen atoms in total. The second-order valence-corrected chi connectivity index (χ2v) is 3.68. The summed E-state index contributed by atoms with van der Waals surface area (Å²) in [6.07, 6.45) is 1.96. The van der Waals surface area contributed by atoms with Crippen molar-refractivity contribution in [1.82, 2.24) is 5.32 Å². The van der Waals surface area contributed by atoms with Crippen LogP contribution < -0.4 is 5.32 Å². The molecule has 0 bridgehead atoms. The van der Waals surface area contributed by atoms with Gasteiger partial charge in [0.1, 0.15) is 0 Å². The Morgan fingerprint density at radius 1 is 1.70 bits per heavy atom. The Morgan fingerprint density at radius 2 is 2.30 bits per heavy atom. The second kappa shape index (κ2) is 2.26. The molecule has 0 radical (unpaired) electrons. The van der Waals surface area contributed by atoms with Gasteiger partial charge < -0.3 is 5.32 Å². The fraction of sp³-hybridized carbons (Fsp3) is 0.875. The maximum Gasteiger partial charge on any atom is 0.223 e. The number of rotatable bonds is 1. The summed E-state index contributed by atoms with van der Waals surface area (Å²) in [6.45, 7) is 6.20. The summed E-state index contributed by atoms with van der Waals surface area (Å²) < 4.78 is 0. The molecule has 10 heavy (non-hydrogen) atoms. The van der Waals surface area contributed by atoms with E-state index in [4.69, 9.17) is 0 Å². The van der Waals surface area contributed by atoms with E-state index in [9.17, 15) is 4.79 Å². The van der Waals surface area contributed by atoms with Gasteiger partial charge >= 0.3 is 0 Å². The van der Waals surface area contributed by atoms with Gasteiger partial charge in [0.05, 0.1) is 0 Å². The van der Waals surface area contributed by atoms with Gasteiger partial charge in [0.2, 0.25) is 5.91 Å². The first-order valence-corrected chi connectivity index (χ1v) is 3.87. The third-order valence-electron chi connectivity index (χ3n) is 2.08.